The van der Waals surface area contributed by atoms with Crippen molar-refractivity contribution in [1.82, 2.24) is 10.1 Å². The number of hydrogen-bond donors (Lipinski definition) is 0. The van der Waals surface area contributed by atoms with Gasteiger partial charge < -0.3 is 0 Å². The minimum absolute atomic E-state index is 1.01. The van der Waals surface area contributed by atoms with Crippen molar-refractivity contribution in [3.8, 4) is 22.4 Å². The summed E-state index contributed by atoms with van der Waals surface area (Å²) in [4.78, 5) is 4.21. The molecule has 0 N–H and O–H groups in total. The van der Waals surface area contributed by atoms with Crippen molar-refractivity contribution in [3.05, 3.63) is 90.9 Å². The number of benzene rings is 4. The Labute approximate surface area is 163 Å². The van der Waals surface area contributed by atoms with Crippen molar-refractivity contribution >= 4 is 21.5 Å². The maximum atomic E-state index is 4.28. The van der Waals surface area contributed by atoms with E-state index in [1.807, 2.05) is 17.9 Å². The number of aryl methyl sites for hydroxylation is 2. The smallest absolute Gasteiger partial charge is 0.232 e. The summed E-state index contributed by atoms with van der Waals surface area (Å²) < 4.78 is 1.87. The quantitative estimate of drug-likeness (QED) is 0.317. The van der Waals surface area contributed by atoms with Crippen molar-refractivity contribution in [3.63, 3.8) is 0 Å². The van der Waals surface area contributed by atoms with Gasteiger partial charge in [0.1, 0.15) is 6.20 Å². The normalized spacial score (nSPS) is 11.2. The van der Waals surface area contributed by atoms with Gasteiger partial charge in [-0.05, 0) is 57.3 Å². The molecule has 0 bridgehead atoms. The molecule has 4 aromatic carbocycles. The summed E-state index contributed by atoms with van der Waals surface area (Å²) in [5.74, 6) is 0. The van der Waals surface area contributed by atoms with E-state index in [1.54, 1.807) is 6.33 Å². The van der Waals surface area contributed by atoms with Crippen LogP contribution in [0.2, 0.25) is 0 Å². The molecule has 0 radical (unpaired) electrons. The minimum atomic E-state index is 1.01. The van der Waals surface area contributed by atoms with Crippen molar-refractivity contribution in [1.29, 1.82) is 0 Å². The Kier molecular flexibility index (Phi) is 3.87. The molecule has 0 saturated heterocycles. The van der Waals surface area contributed by atoms with E-state index in [0.29, 0.717) is 0 Å². The standard InChI is InChI=1S/C25H20N3/c1-17-7-8-20(13-23(17)25-15-26-16-27-28(25)2)21-12-11-19-10-9-18-5-3-4-6-22(18)24(19)14-21/h3-16H,1-2H3/q+1. The van der Waals surface area contributed by atoms with Crippen LogP contribution in [0.1, 0.15) is 5.56 Å². The van der Waals surface area contributed by atoms with E-state index >= 15 is 0 Å². The summed E-state index contributed by atoms with van der Waals surface area (Å²) in [5, 5.41) is 9.38. The van der Waals surface area contributed by atoms with E-state index < -0.39 is 0 Å². The fourth-order valence-electron chi connectivity index (χ4n) is 3.86. The Bertz CT molecular complexity index is 1340. The molecule has 0 fully saturated rings. The molecule has 1 aromatic heterocycles. The molecule has 5 rings (SSSR count). The van der Waals surface area contributed by atoms with E-state index in [-0.39, 0.29) is 0 Å². The van der Waals surface area contributed by atoms with E-state index in [4.69, 9.17) is 0 Å². The van der Waals surface area contributed by atoms with Gasteiger partial charge in [0.25, 0.3) is 5.69 Å². The third-order valence-corrected chi connectivity index (χ3v) is 5.43. The van der Waals surface area contributed by atoms with E-state index in [0.717, 1.165) is 11.3 Å². The molecule has 0 atom stereocenters. The molecule has 0 aliphatic carbocycles. The lowest BCUT2D eigenvalue weighted by Crippen LogP contribution is -2.35. The van der Waals surface area contributed by atoms with Crippen LogP contribution in [-0.2, 0) is 7.05 Å². The monoisotopic (exact) mass is 362 g/mol. The molecule has 0 aliphatic rings. The molecule has 134 valence electrons. The molecule has 0 aliphatic heterocycles. The van der Waals surface area contributed by atoms with Crippen LogP contribution in [0.5, 0.6) is 0 Å². The number of rotatable bonds is 2. The Balaban J connectivity index is 1.71. The van der Waals surface area contributed by atoms with Gasteiger partial charge in [-0.15, -0.1) is 0 Å². The first-order valence-corrected chi connectivity index (χ1v) is 9.40. The molecule has 28 heavy (non-hydrogen) atoms. The third kappa shape index (κ3) is 2.72. The minimum Gasteiger partial charge on any atom is -0.232 e. The second kappa shape index (κ2) is 6.54. The molecule has 0 saturated carbocycles. The van der Waals surface area contributed by atoms with E-state index in [9.17, 15) is 0 Å². The van der Waals surface area contributed by atoms with Gasteiger partial charge in [-0.2, -0.15) is 0 Å². The van der Waals surface area contributed by atoms with Crippen LogP contribution in [-0.4, -0.2) is 10.1 Å². The van der Waals surface area contributed by atoms with Crippen LogP contribution in [0.15, 0.2) is 85.3 Å². The van der Waals surface area contributed by atoms with E-state index in [2.05, 4.69) is 89.8 Å². The summed E-state index contributed by atoms with van der Waals surface area (Å²) in [6, 6.07) is 26.3. The summed E-state index contributed by atoms with van der Waals surface area (Å²) >= 11 is 0. The van der Waals surface area contributed by atoms with Crippen molar-refractivity contribution in [2.24, 2.45) is 7.05 Å². The average molecular weight is 362 g/mol. The molecule has 1 heterocycles. The third-order valence-electron chi connectivity index (χ3n) is 5.43. The predicted octanol–water partition coefficient (Wildman–Crippen LogP) is 5.25. The number of nitrogens with zero attached hydrogens (tertiary/aromatic N) is 3. The van der Waals surface area contributed by atoms with Gasteiger partial charge >= 0.3 is 0 Å². The lowest BCUT2D eigenvalue weighted by molar-refractivity contribution is -0.721. The second-order valence-electron chi connectivity index (χ2n) is 7.17. The maximum absolute atomic E-state index is 4.28. The van der Waals surface area contributed by atoms with Gasteiger partial charge in [-0.3, -0.25) is 0 Å². The van der Waals surface area contributed by atoms with Gasteiger partial charge in [0.15, 0.2) is 13.4 Å². The first-order chi connectivity index (χ1) is 13.7. The summed E-state index contributed by atoms with van der Waals surface area (Å²) in [5.41, 5.74) is 5.77. The molecular formula is C25H20N3+. The van der Waals surface area contributed by atoms with Gasteiger partial charge in [-0.25, -0.2) is 4.98 Å². The molecular weight excluding hydrogens is 342 g/mol. The zero-order valence-corrected chi connectivity index (χ0v) is 15.9. The first-order valence-electron chi connectivity index (χ1n) is 9.40. The molecule has 3 nitrogen and oxygen atoms in total. The highest BCUT2D eigenvalue weighted by atomic mass is 15.3. The zero-order chi connectivity index (χ0) is 19.1. The highest BCUT2D eigenvalue weighted by Gasteiger charge is 2.15. The number of fused-ring (bicyclic) bond motifs is 3. The maximum Gasteiger partial charge on any atom is 0.257 e. The Morgan fingerprint density at radius 2 is 1.46 bits per heavy atom. The molecule has 0 amide bonds. The van der Waals surface area contributed by atoms with Crippen molar-refractivity contribution < 1.29 is 4.68 Å². The second-order valence-corrected chi connectivity index (χ2v) is 7.17. The van der Waals surface area contributed by atoms with Gasteiger partial charge in [-0.1, -0.05) is 65.3 Å². The summed E-state index contributed by atoms with van der Waals surface area (Å²) in [6.45, 7) is 2.13. The van der Waals surface area contributed by atoms with Gasteiger partial charge in [0, 0.05) is 5.10 Å². The molecule has 0 unspecified atom stereocenters. The topological polar surface area (TPSA) is 29.7 Å². The van der Waals surface area contributed by atoms with Crippen LogP contribution >= 0.6 is 0 Å². The Morgan fingerprint density at radius 1 is 0.750 bits per heavy atom. The van der Waals surface area contributed by atoms with Crippen molar-refractivity contribution in [2.75, 3.05) is 0 Å². The summed E-state index contributed by atoms with van der Waals surface area (Å²) in [6.07, 6.45) is 3.43. The fourth-order valence-corrected chi connectivity index (χ4v) is 3.86. The van der Waals surface area contributed by atoms with Gasteiger partial charge in [0.2, 0.25) is 0 Å². The average Bonchev–Trinajstić information content (AvgIpc) is 2.74. The van der Waals surface area contributed by atoms with Crippen LogP contribution in [0.3, 0.4) is 0 Å². The number of aromatic nitrogens is 3. The first kappa shape index (κ1) is 16.6. The van der Waals surface area contributed by atoms with Crippen molar-refractivity contribution in [2.45, 2.75) is 6.92 Å². The lowest BCUT2D eigenvalue weighted by Gasteiger charge is -2.10. The van der Waals surface area contributed by atoms with Crippen LogP contribution in [0.4, 0.5) is 0 Å². The van der Waals surface area contributed by atoms with Crippen LogP contribution < -0.4 is 4.68 Å². The van der Waals surface area contributed by atoms with Crippen LogP contribution in [0.25, 0.3) is 43.9 Å². The van der Waals surface area contributed by atoms with Crippen LogP contribution in [0, 0.1) is 6.92 Å². The zero-order valence-electron chi connectivity index (χ0n) is 15.9. The predicted molar refractivity (Wildman–Crippen MR) is 114 cm³/mol. The largest absolute Gasteiger partial charge is 0.257 e. The SMILES string of the molecule is Cc1ccc(-c2ccc3ccc4ccccc4c3c2)cc1-c1cncn[n+]1C. The highest BCUT2D eigenvalue weighted by Crippen LogP contribution is 2.32. The highest BCUT2D eigenvalue weighted by molar-refractivity contribution is 6.08. The molecule has 0 spiro atoms. The Hall–Kier alpha value is -3.59. The number of hydrogen-bond acceptors (Lipinski definition) is 2. The molecule has 3 heteroatoms. The fraction of sp³-hybridized carbons (Fsp3) is 0.0800. The van der Waals surface area contributed by atoms with Gasteiger partial charge in [0.05, 0.1) is 5.56 Å². The Morgan fingerprint density at radius 3 is 2.32 bits per heavy atom. The molecule has 5 aromatic rings. The summed E-state index contributed by atoms with van der Waals surface area (Å²) in [7, 11) is 1.95. The van der Waals surface area contributed by atoms with E-state index in [1.165, 1.54) is 38.2 Å². The lowest BCUT2D eigenvalue weighted by atomic mass is 9.94.